The summed E-state index contributed by atoms with van der Waals surface area (Å²) >= 11 is 0. The zero-order valence-corrected chi connectivity index (χ0v) is 13.9. The second kappa shape index (κ2) is 5.64. The van der Waals surface area contributed by atoms with Gasteiger partial charge in [-0.2, -0.15) is 0 Å². The number of hydrogen-bond acceptors (Lipinski definition) is 4. The first kappa shape index (κ1) is 14.6. The lowest BCUT2D eigenvalue weighted by Crippen LogP contribution is -2.40. The highest BCUT2D eigenvalue weighted by Crippen LogP contribution is 2.41. The Morgan fingerprint density at radius 3 is 2.92 bits per heavy atom. The summed E-state index contributed by atoms with van der Waals surface area (Å²) in [6.45, 7) is 4.96. The molecule has 0 amide bonds. The van der Waals surface area contributed by atoms with E-state index in [1.165, 1.54) is 37.2 Å². The first-order valence-corrected chi connectivity index (χ1v) is 9.04. The van der Waals surface area contributed by atoms with Crippen LogP contribution in [-0.2, 0) is 16.8 Å². The highest BCUT2D eigenvalue weighted by atomic mass is 16.5. The first-order chi connectivity index (χ1) is 11.8. The number of aromatic nitrogens is 2. The van der Waals surface area contributed by atoms with E-state index in [0.717, 1.165) is 36.9 Å². The van der Waals surface area contributed by atoms with Crippen LogP contribution in [0.15, 0.2) is 36.5 Å². The molecule has 1 aliphatic carbocycles. The lowest BCUT2D eigenvalue weighted by molar-refractivity contribution is 0.0504. The van der Waals surface area contributed by atoms with Crippen LogP contribution < -0.4 is 0 Å². The Bertz CT molecular complexity index is 744. The normalized spacial score (nSPS) is 26.7. The van der Waals surface area contributed by atoms with Gasteiger partial charge in [-0.25, -0.2) is 9.97 Å². The molecule has 3 aliphatic rings. The topological polar surface area (TPSA) is 38.2 Å². The van der Waals surface area contributed by atoms with Crippen LogP contribution >= 0.6 is 0 Å². The fourth-order valence-corrected chi connectivity index (χ4v) is 4.21. The van der Waals surface area contributed by atoms with Crippen LogP contribution in [0.2, 0.25) is 0 Å². The fourth-order valence-electron chi connectivity index (χ4n) is 4.21. The third-order valence-electron chi connectivity index (χ3n) is 5.68. The van der Waals surface area contributed by atoms with Gasteiger partial charge in [0.1, 0.15) is 0 Å². The minimum atomic E-state index is 0.0644. The molecule has 2 aliphatic heterocycles. The summed E-state index contributed by atoms with van der Waals surface area (Å²) in [6.07, 6.45) is 5.96. The summed E-state index contributed by atoms with van der Waals surface area (Å²) in [5.74, 6) is 1.78. The molecule has 2 fully saturated rings. The second-order valence-electron chi connectivity index (χ2n) is 7.64. The number of fused-ring (bicyclic) bond motifs is 2. The molecule has 24 heavy (non-hydrogen) atoms. The standard InChI is InChI=1S/C20H23N3O/c1-2-4-16(5-3-1)19-21-10-17-12-24-14-20(18(17)22-19)8-9-23(13-20)11-15-6-7-15/h1-5,10,15H,6-9,11-14H2. The lowest BCUT2D eigenvalue weighted by atomic mass is 9.80. The Hall–Kier alpha value is -1.78. The third kappa shape index (κ3) is 2.54. The van der Waals surface area contributed by atoms with Crippen molar-refractivity contribution in [3.63, 3.8) is 0 Å². The molecule has 1 aromatic heterocycles. The average molecular weight is 321 g/mol. The Morgan fingerprint density at radius 2 is 2.08 bits per heavy atom. The van der Waals surface area contributed by atoms with E-state index in [4.69, 9.17) is 9.72 Å². The van der Waals surface area contributed by atoms with Gasteiger partial charge in [-0.3, -0.25) is 0 Å². The maximum atomic E-state index is 5.94. The zero-order chi connectivity index (χ0) is 16.0. The van der Waals surface area contributed by atoms with Crippen LogP contribution in [-0.4, -0.2) is 41.1 Å². The van der Waals surface area contributed by atoms with E-state index in [9.17, 15) is 0 Å². The molecule has 4 nitrogen and oxygen atoms in total. The Kier molecular flexibility index (Phi) is 3.42. The van der Waals surface area contributed by atoms with Gasteiger partial charge in [0, 0.05) is 30.4 Å². The highest BCUT2D eigenvalue weighted by molar-refractivity contribution is 5.55. The van der Waals surface area contributed by atoms with Crippen molar-refractivity contribution in [1.82, 2.24) is 14.9 Å². The fraction of sp³-hybridized carbons (Fsp3) is 0.500. The van der Waals surface area contributed by atoms with Gasteiger partial charge in [0.05, 0.1) is 24.3 Å². The Morgan fingerprint density at radius 1 is 1.21 bits per heavy atom. The summed E-state index contributed by atoms with van der Waals surface area (Å²) in [5.41, 5.74) is 3.57. The summed E-state index contributed by atoms with van der Waals surface area (Å²) < 4.78 is 5.94. The van der Waals surface area contributed by atoms with E-state index in [-0.39, 0.29) is 5.41 Å². The van der Waals surface area contributed by atoms with Crippen LogP contribution in [0.25, 0.3) is 11.4 Å². The van der Waals surface area contributed by atoms with Crippen LogP contribution in [0.3, 0.4) is 0 Å². The lowest BCUT2D eigenvalue weighted by Gasteiger charge is -2.34. The molecule has 4 heteroatoms. The minimum absolute atomic E-state index is 0.0644. The average Bonchev–Trinajstić information content (AvgIpc) is 3.36. The molecule has 1 saturated carbocycles. The monoisotopic (exact) mass is 321 g/mol. The Labute approximate surface area is 142 Å². The van der Waals surface area contributed by atoms with E-state index < -0.39 is 0 Å². The van der Waals surface area contributed by atoms with E-state index in [1.807, 2.05) is 24.4 Å². The first-order valence-electron chi connectivity index (χ1n) is 9.04. The number of benzene rings is 1. The number of ether oxygens (including phenoxy) is 1. The van der Waals surface area contributed by atoms with Crippen LogP contribution in [0.4, 0.5) is 0 Å². The van der Waals surface area contributed by atoms with Crippen LogP contribution in [0.5, 0.6) is 0 Å². The summed E-state index contributed by atoms with van der Waals surface area (Å²) in [7, 11) is 0. The largest absolute Gasteiger partial charge is 0.376 e. The van der Waals surface area contributed by atoms with Gasteiger partial charge in [-0.1, -0.05) is 30.3 Å². The predicted octanol–water partition coefficient (Wildman–Crippen LogP) is 3.03. The van der Waals surface area contributed by atoms with Crippen molar-refractivity contribution < 1.29 is 4.74 Å². The summed E-state index contributed by atoms with van der Waals surface area (Å²) in [6, 6.07) is 10.3. The smallest absolute Gasteiger partial charge is 0.159 e. The second-order valence-corrected chi connectivity index (χ2v) is 7.64. The van der Waals surface area contributed by atoms with Crippen molar-refractivity contribution in [3.05, 3.63) is 47.8 Å². The molecule has 1 saturated heterocycles. The van der Waals surface area contributed by atoms with E-state index in [1.54, 1.807) is 0 Å². The minimum Gasteiger partial charge on any atom is -0.376 e. The number of hydrogen-bond donors (Lipinski definition) is 0. The molecule has 0 radical (unpaired) electrons. The number of likely N-dealkylation sites (tertiary alicyclic amines) is 1. The van der Waals surface area contributed by atoms with Crippen molar-refractivity contribution >= 4 is 0 Å². The van der Waals surface area contributed by atoms with Gasteiger partial charge in [0.15, 0.2) is 5.82 Å². The maximum absolute atomic E-state index is 5.94. The van der Waals surface area contributed by atoms with Crippen molar-refractivity contribution in [1.29, 1.82) is 0 Å². The van der Waals surface area contributed by atoms with Crippen molar-refractivity contribution in [3.8, 4) is 11.4 Å². The van der Waals surface area contributed by atoms with Crippen molar-refractivity contribution in [2.24, 2.45) is 5.92 Å². The van der Waals surface area contributed by atoms with E-state index >= 15 is 0 Å². The molecule has 124 valence electrons. The van der Waals surface area contributed by atoms with Gasteiger partial charge < -0.3 is 9.64 Å². The van der Waals surface area contributed by atoms with Gasteiger partial charge in [0.2, 0.25) is 0 Å². The molecule has 2 aromatic rings. The third-order valence-corrected chi connectivity index (χ3v) is 5.68. The number of nitrogens with zero attached hydrogens (tertiary/aromatic N) is 3. The zero-order valence-electron chi connectivity index (χ0n) is 13.9. The molecule has 0 bridgehead atoms. The quantitative estimate of drug-likeness (QED) is 0.871. The van der Waals surface area contributed by atoms with Gasteiger partial charge in [-0.05, 0) is 31.7 Å². The Balaban J connectivity index is 1.49. The van der Waals surface area contributed by atoms with Gasteiger partial charge in [0.25, 0.3) is 0 Å². The molecule has 3 heterocycles. The molecular formula is C20H23N3O. The van der Waals surface area contributed by atoms with Crippen LogP contribution in [0, 0.1) is 5.92 Å². The van der Waals surface area contributed by atoms with Crippen molar-refractivity contribution in [2.45, 2.75) is 31.3 Å². The summed E-state index contributed by atoms with van der Waals surface area (Å²) in [4.78, 5) is 12.2. The van der Waals surface area contributed by atoms with E-state index in [0.29, 0.717) is 6.61 Å². The molecule has 5 rings (SSSR count). The van der Waals surface area contributed by atoms with Crippen molar-refractivity contribution in [2.75, 3.05) is 26.2 Å². The SMILES string of the molecule is c1ccc(-c2ncc3c(n2)C2(CCN(CC4CC4)C2)COC3)cc1. The summed E-state index contributed by atoms with van der Waals surface area (Å²) in [5, 5.41) is 0. The predicted molar refractivity (Wildman–Crippen MR) is 92.6 cm³/mol. The molecule has 1 aromatic carbocycles. The molecule has 0 N–H and O–H groups in total. The van der Waals surface area contributed by atoms with E-state index in [2.05, 4.69) is 22.0 Å². The molecular weight excluding hydrogens is 298 g/mol. The van der Waals surface area contributed by atoms with Crippen LogP contribution in [0.1, 0.15) is 30.5 Å². The molecule has 1 atom stereocenters. The molecule has 1 spiro atoms. The molecule has 1 unspecified atom stereocenters. The van der Waals surface area contributed by atoms with Gasteiger partial charge >= 0.3 is 0 Å². The maximum Gasteiger partial charge on any atom is 0.159 e. The highest BCUT2D eigenvalue weighted by Gasteiger charge is 2.45. The number of rotatable bonds is 3. The van der Waals surface area contributed by atoms with Gasteiger partial charge in [-0.15, -0.1) is 0 Å².